The predicted molar refractivity (Wildman–Crippen MR) is 87.4 cm³/mol. The average molecular weight is 438 g/mol. The van der Waals surface area contributed by atoms with Gasteiger partial charge >= 0.3 is 0 Å². The second kappa shape index (κ2) is 7.04. The molecule has 19 heavy (non-hydrogen) atoms. The Labute approximate surface area is 136 Å². The Bertz CT molecular complexity index is 461. The first kappa shape index (κ1) is 15.3. The molecule has 2 rings (SSSR count). The minimum absolute atomic E-state index is 0.0726. The maximum atomic E-state index is 12.6. The molecule has 5 heteroatoms. The topological polar surface area (TPSA) is 29.5 Å². The van der Waals surface area contributed by atoms with Crippen LogP contribution in [0.25, 0.3) is 0 Å². The molecule has 104 valence electrons. The van der Waals surface area contributed by atoms with Crippen molar-refractivity contribution in [2.45, 2.75) is 25.9 Å². The summed E-state index contributed by atoms with van der Waals surface area (Å²) < 4.78 is 7.54. The summed E-state index contributed by atoms with van der Waals surface area (Å²) >= 11 is 5.68. The highest BCUT2D eigenvalue weighted by molar-refractivity contribution is 14.1. The summed E-state index contributed by atoms with van der Waals surface area (Å²) in [4.78, 5) is 14.4. The number of amides is 1. The second-order valence-electron chi connectivity index (χ2n) is 4.60. The molecule has 0 saturated carbocycles. The van der Waals surface area contributed by atoms with E-state index in [0.717, 1.165) is 33.1 Å². The molecule has 0 spiro atoms. The first-order valence-electron chi connectivity index (χ1n) is 6.47. The van der Waals surface area contributed by atoms with E-state index in [0.29, 0.717) is 13.1 Å². The van der Waals surface area contributed by atoms with E-state index >= 15 is 0 Å². The third-order valence-corrected chi connectivity index (χ3v) is 4.64. The van der Waals surface area contributed by atoms with Gasteiger partial charge in [-0.1, -0.05) is 0 Å². The molecule has 1 fully saturated rings. The molecule has 0 aliphatic carbocycles. The van der Waals surface area contributed by atoms with Crippen molar-refractivity contribution in [3.63, 3.8) is 0 Å². The van der Waals surface area contributed by atoms with Crippen LogP contribution in [0.3, 0.4) is 0 Å². The zero-order valence-corrected chi connectivity index (χ0v) is 14.6. The lowest BCUT2D eigenvalue weighted by atomic mass is 10.1. The molecule has 1 unspecified atom stereocenters. The third kappa shape index (κ3) is 3.92. The van der Waals surface area contributed by atoms with E-state index < -0.39 is 0 Å². The van der Waals surface area contributed by atoms with Gasteiger partial charge in [0.05, 0.1) is 11.7 Å². The molecule has 1 aliphatic rings. The maximum Gasteiger partial charge on any atom is 0.255 e. The molecular formula is C14H17BrINO2. The number of likely N-dealkylation sites (N-methyl/N-ethyl adjacent to an activating group) is 1. The highest BCUT2D eigenvalue weighted by atomic mass is 127. The van der Waals surface area contributed by atoms with E-state index in [1.807, 2.05) is 30.0 Å². The van der Waals surface area contributed by atoms with Crippen molar-refractivity contribution in [2.24, 2.45) is 0 Å². The van der Waals surface area contributed by atoms with Crippen molar-refractivity contribution in [1.82, 2.24) is 4.90 Å². The van der Waals surface area contributed by atoms with Gasteiger partial charge in [0.2, 0.25) is 0 Å². The standard InChI is InChI=1S/C14H17BrINO2/c1-2-17(9-11-4-3-7-19-11)14(18)12-8-10(16)5-6-13(12)15/h5-6,8,11H,2-4,7,9H2,1H3. The van der Waals surface area contributed by atoms with E-state index in [-0.39, 0.29) is 12.0 Å². The highest BCUT2D eigenvalue weighted by Crippen LogP contribution is 2.22. The number of carbonyl (C=O) groups is 1. The van der Waals surface area contributed by atoms with Crippen LogP contribution >= 0.6 is 38.5 Å². The van der Waals surface area contributed by atoms with Crippen molar-refractivity contribution in [2.75, 3.05) is 19.7 Å². The summed E-state index contributed by atoms with van der Waals surface area (Å²) in [6, 6.07) is 5.83. The van der Waals surface area contributed by atoms with Gasteiger partial charge in [0.25, 0.3) is 5.91 Å². The van der Waals surface area contributed by atoms with Gasteiger partial charge in [-0.15, -0.1) is 0 Å². The molecule has 0 bridgehead atoms. The number of hydrogen-bond donors (Lipinski definition) is 0. The Kier molecular flexibility index (Phi) is 5.65. The second-order valence-corrected chi connectivity index (χ2v) is 6.70. The molecule has 0 radical (unpaired) electrons. The van der Waals surface area contributed by atoms with Crippen LogP contribution in [-0.4, -0.2) is 36.6 Å². The molecule has 0 aromatic heterocycles. The molecule has 3 nitrogen and oxygen atoms in total. The molecule has 1 aliphatic heterocycles. The average Bonchev–Trinajstić information content (AvgIpc) is 2.91. The van der Waals surface area contributed by atoms with Gasteiger partial charge in [-0.05, 0) is 76.5 Å². The van der Waals surface area contributed by atoms with E-state index in [1.165, 1.54) is 0 Å². The van der Waals surface area contributed by atoms with Crippen LogP contribution in [0.5, 0.6) is 0 Å². The monoisotopic (exact) mass is 437 g/mol. The number of rotatable bonds is 4. The molecule has 0 N–H and O–H groups in total. The first-order valence-corrected chi connectivity index (χ1v) is 8.35. The number of carbonyl (C=O) groups excluding carboxylic acids is 1. The zero-order chi connectivity index (χ0) is 13.8. The van der Waals surface area contributed by atoms with Crippen molar-refractivity contribution in [3.8, 4) is 0 Å². The van der Waals surface area contributed by atoms with Crippen molar-refractivity contribution in [3.05, 3.63) is 31.8 Å². The number of halogens is 2. The molecular weight excluding hydrogens is 421 g/mol. The molecule has 1 atom stereocenters. The molecule has 1 heterocycles. The largest absolute Gasteiger partial charge is 0.376 e. The number of benzene rings is 1. The Morgan fingerprint density at radius 1 is 1.58 bits per heavy atom. The number of ether oxygens (including phenoxy) is 1. The fraction of sp³-hybridized carbons (Fsp3) is 0.500. The third-order valence-electron chi connectivity index (χ3n) is 3.28. The predicted octanol–water partition coefficient (Wildman–Crippen LogP) is 3.69. The molecule has 1 saturated heterocycles. The van der Waals surface area contributed by atoms with Gasteiger partial charge in [-0.2, -0.15) is 0 Å². The Morgan fingerprint density at radius 2 is 2.37 bits per heavy atom. The fourth-order valence-electron chi connectivity index (χ4n) is 2.22. The van der Waals surface area contributed by atoms with Crippen molar-refractivity contribution < 1.29 is 9.53 Å². The summed E-state index contributed by atoms with van der Waals surface area (Å²) in [5, 5.41) is 0. The Morgan fingerprint density at radius 3 is 3.00 bits per heavy atom. The smallest absolute Gasteiger partial charge is 0.255 e. The summed E-state index contributed by atoms with van der Waals surface area (Å²) in [6.07, 6.45) is 2.35. The van der Waals surface area contributed by atoms with E-state index in [2.05, 4.69) is 38.5 Å². The first-order chi connectivity index (χ1) is 9.11. The van der Waals surface area contributed by atoms with Gasteiger partial charge in [0.1, 0.15) is 0 Å². The van der Waals surface area contributed by atoms with Crippen molar-refractivity contribution >= 4 is 44.4 Å². The van der Waals surface area contributed by atoms with E-state index in [9.17, 15) is 4.79 Å². The summed E-state index contributed by atoms with van der Waals surface area (Å²) in [5.41, 5.74) is 0.728. The van der Waals surface area contributed by atoms with Crippen LogP contribution in [0.15, 0.2) is 22.7 Å². The van der Waals surface area contributed by atoms with Gasteiger partial charge in [-0.25, -0.2) is 0 Å². The van der Waals surface area contributed by atoms with Gasteiger partial charge in [0.15, 0.2) is 0 Å². The van der Waals surface area contributed by atoms with Gasteiger partial charge in [0, 0.05) is 27.7 Å². The van der Waals surface area contributed by atoms with Crippen LogP contribution in [0.2, 0.25) is 0 Å². The lowest BCUT2D eigenvalue weighted by Gasteiger charge is -2.24. The zero-order valence-electron chi connectivity index (χ0n) is 10.9. The lowest BCUT2D eigenvalue weighted by Crippen LogP contribution is -2.37. The summed E-state index contributed by atoms with van der Waals surface area (Å²) in [7, 11) is 0. The van der Waals surface area contributed by atoms with Crippen molar-refractivity contribution in [1.29, 1.82) is 0 Å². The van der Waals surface area contributed by atoms with Gasteiger partial charge < -0.3 is 9.64 Å². The SMILES string of the molecule is CCN(CC1CCCO1)C(=O)c1cc(I)ccc1Br. The minimum Gasteiger partial charge on any atom is -0.376 e. The quantitative estimate of drug-likeness (QED) is 0.672. The Balaban J connectivity index is 2.12. The van der Waals surface area contributed by atoms with Crippen LogP contribution in [0.1, 0.15) is 30.1 Å². The van der Waals surface area contributed by atoms with Crippen LogP contribution in [0.4, 0.5) is 0 Å². The van der Waals surface area contributed by atoms with E-state index in [4.69, 9.17) is 4.74 Å². The lowest BCUT2D eigenvalue weighted by molar-refractivity contribution is 0.0538. The molecule has 1 aromatic carbocycles. The summed E-state index contributed by atoms with van der Waals surface area (Å²) in [5.74, 6) is 0.0726. The normalized spacial score (nSPS) is 18.6. The molecule has 1 aromatic rings. The van der Waals surface area contributed by atoms with Crippen LogP contribution in [-0.2, 0) is 4.74 Å². The Hall–Kier alpha value is -0.140. The van der Waals surface area contributed by atoms with E-state index in [1.54, 1.807) is 0 Å². The van der Waals surface area contributed by atoms with Crippen LogP contribution in [0, 0.1) is 3.57 Å². The fourth-order valence-corrected chi connectivity index (χ4v) is 3.13. The highest BCUT2D eigenvalue weighted by Gasteiger charge is 2.23. The maximum absolute atomic E-state index is 12.6. The number of hydrogen-bond acceptors (Lipinski definition) is 2. The number of nitrogens with zero attached hydrogens (tertiary/aromatic N) is 1. The van der Waals surface area contributed by atoms with Gasteiger partial charge in [-0.3, -0.25) is 4.79 Å². The summed E-state index contributed by atoms with van der Waals surface area (Å²) in [6.45, 7) is 4.22. The minimum atomic E-state index is 0.0726. The molecule has 1 amide bonds. The van der Waals surface area contributed by atoms with Crippen LogP contribution < -0.4 is 0 Å².